The first kappa shape index (κ1) is 37.1. The highest BCUT2D eigenvalue weighted by Gasteiger charge is 2.40. The molecule has 5 heterocycles. The number of ether oxygens (including phenoxy) is 1. The molecule has 5 aliphatic rings. The van der Waals surface area contributed by atoms with E-state index in [9.17, 15) is 19.5 Å². The Morgan fingerprint density at radius 2 is 1.58 bits per heavy atom. The lowest BCUT2D eigenvalue weighted by atomic mass is 9.75. The van der Waals surface area contributed by atoms with Crippen LogP contribution in [0, 0.1) is 24.5 Å². The van der Waals surface area contributed by atoms with Crippen molar-refractivity contribution in [3.05, 3.63) is 118 Å². The van der Waals surface area contributed by atoms with Gasteiger partial charge < -0.3 is 24.5 Å². The average Bonchev–Trinajstić information content (AvgIpc) is 3.51. The molecule has 0 aromatic heterocycles. The van der Waals surface area contributed by atoms with Crippen molar-refractivity contribution in [3.8, 4) is 11.5 Å². The van der Waals surface area contributed by atoms with Gasteiger partial charge >= 0.3 is 0 Å². The number of piperidine rings is 2. The van der Waals surface area contributed by atoms with Crippen molar-refractivity contribution in [3.63, 3.8) is 0 Å². The van der Waals surface area contributed by atoms with Crippen LogP contribution in [0.1, 0.15) is 75.7 Å². The second-order valence-electron chi connectivity index (χ2n) is 16.3. The molecule has 0 radical (unpaired) electrons. The molecule has 3 atom stereocenters. The number of phenols is 1. The number of hydrogen-bond donors (Lipinski definition) is 2. The summed E-state index contributed by atoms with van der Waals surface area (Å²) in [6.45, 7) is 8.05. The largest absolute Gasteiger partial charge is 0.508 e. The third-order valence-corrected chi connectivity index (χ3v) is 12.7. The lowest BCUT2D eigenvalue weighted by Crippen LogP contribution is -2.52. The van der Waals surface area contributed by atoms with Gasteiger partial charge in [-0.05, 0) is 79.1 Å². The molecule has 3 saturated heterocycles. The summed E-state index contributed by atoms with van der Waals surface area (Å²) in [5, 5.41) is 12.5. The number of amides is 3. The third-order valence-electron chi connectivity index (χ3n) is 12.7. The van der Waals surface area contributed by atoms with Gasteiger partial charge in [0, 0.05) is 87.8 Å². The molecule has 0 spiro atoms. The molecule has 0 unspecified atom stereocenters. The Hall–Kier alpha value is -5.49. The Morgan fingerprint density at radius 3 is 2.33 bits per heavy atom. The highest BCUT2D eigenvalue weighted by molar-refractivity contribution is 6.05. The van der Waals surface area contributed by atoms with Gasteiger partial charge in [-0.3, -0.25) is 24.6 Å². The summed E-state index contributed by atoms with van der Waals surface area (Å²) in [5.74, 6) is -0.787. The number of carbonyl (C=O) groups excluding carboxylic acids is 3. The number of carbonyl (C=O) groups is 3. The quantitative estimate of drug-likeness (QED) is 0.218. The van der Waals surface area contributed by atoms with E-state index >= 15 is 8.78 Å². The van der Waals surface area contributed by atoms with Gasteiger partial charge in [0.1, 0.15) is 29.2 Å². The first-order chi connectivity index (χ1) is 27.6. The highest BCUT2D eigenvalue weighted by Crippen LogP contribution is 2.47. The van der Waals surface area contributed by atoms with Crippen LogP contribution in [-0.2, 0) is 16.1 Å². The minimum Gasteiger partial charge on any atom is -0.508 e. The van der Waals surface area contributed by atoms with Crippen LogP contribution in [0.4, 0.5) is 20.2 Å². The fourth-order valence-electron chi connectivity index (χ4n) is 9.68. The maximum atomic E-state index is 16.1. The summed E-state index contributed by atoms with van der Waals surface area (Å²) >= 11 is 0. The summed E-state index contributed by atoms with van der Waals surface area (Å²) in [4.78, 5) is 45.3. The Kier molecular flexibility index (Phi) is 9.84. The van der Waals surface area contributed by atoms with Crippen molar-refractivity contribution < 1.29 is 33.0 Å². The van der Waals surface area contributed by atoms with Gasteiger partial charge in [0.15, 0.2) is 0 Å². The van der Waals surface area contributed by atoms with E-state index in [-0.39, 0.29) is 60.2 Å². The fourth-order valence-corrected chi connectivity index (χ4v) is 9.68. The lowest BCUT2D eigenvalue weighted by molar-refractivity contribution is -0.136. The minimum absolute atomic E-state index is 0.0132. The van der Waals surface area contributed by atoms with Gasteiger partial charge in [0.25, 0.3) is 5.91 Å². The summed E-state index contributed by atoms with van der Waals surface area (Å²) in [5.41, 5.74) is 6.18. The lowest BCUT2D eigenvalue weighted by Gasteiger charge is -2.40. The van der Waals surface area contributed by atoms with Gasteiger partial charge in [0.2, 0.25) is 11.8 Å². The molecule has 4 aromatic rings. The number of hydrogen-bond acceptors (Lipinski definition) is 8. The van der Waals surface area contributed by atoms with E-state index in [0.717, 1.165) is 67.8 Å². The number of phenolic OH excluding ortho intramolecular Hbond substituents is 1. The molecule has 0 saturated carbocycles. The molecule has 2 N–H and O–H groups in total. The second kappa shape index (κ2) is 15.1. The molecule has 296 valence electrons. The molecule has 3 amide bonds. The van der Waals surface area contributed by atoms with E-state index in [4.69, 9.17) is 4.74 Å². The van der Waals surface area contributed by atoms with Crippen molar-refractivity contribution in [1.82, 2.24) is 15.1 Å². The van der Waals surface area contributed by atoms with Crippen molar-refractivity contribution in [1.29, 1.82) is 0 Å². The number of nitrogens with zero attached hydrogens (tertiary/aromatic N) is 4. The summed E-state index contributed by atoms with van der Waals surface area (Å²) in [6, 6.07) is 21.6. The number of fused-ring (bicyclic) bond motifs is 2. The van der Waals surface area contributed by atoms with Crippen LogP contribution in [0.25, 0.3) is 0 Å². The number of aryl methyl sites for hydroxylation is 1. The van der Waals surface area contributed by atoms with Crippen LogP contribution in [-0.4, -0.2) is 91.1 Å². The van der Waals surface area contributed by atoms with Gasteiger partial charge in [-0.15, -0.1) is 0 Å². The molecule has 9 rings (SSSR count). The molecule has 12 heteroatoms. The minimum atomic E-state index is -0.736. The summed E-state index contributed by atoms with van der Waals surface area (Å²) in [6.07, 6.45) is 2.33. The molecule has 0 bridgehead atoms. The number of halogens is 2. The first-order valence-electron chi connectivity index (χ1n) is 20.1. The topological polar surface area (TPSA) is 106 Å². The Morgan fingerprint density at radius 1 is 0.807 bits per heavy atom. The SMILES string of the molecule is Cc1cccc([C@@H]2COc3cc(O)ccc3[C@@H]2c2ccc(N3CCC(CN4CCN(c5cc6c(cc5F)C(=O)N([C@H]5CCC(=O)NC5=O)C6)CC4)CC3)c(F)c2)c1. The van der Waals surface area contributed by atoms with Gasteiger partial charge in [0.05, 0.1) is 18.0 Å². The number of imide groups is 1. The summed E-state index contributed by atoms with van der Waals surface area (Å²) < 4.78 is 37.7. The van der Waals surface area contributed by atoms with Crippen LogP contribution in [0.5, 0.6) is 11.5 Å². The molecule has 5 aliphatic heterocycles. The standard InChI is InChI=1S/C45H47F2N5O5/c1-27-3-2-4-29(19-27)35-26-57-41-22-32(53)6-7-33(41)43(35)30-5-8-38(36(46)20-30)50-13-11-28(12-14-50)24-49-15-17-51(18-16-49)40-21-31-25-52(45(56)34(31)23-37(40)47)39-9-10-42(54)48-44(39)55/h2-8,19-23,28,35,39,43,53H,9-18,24-26H2,1H3,(H,48,54,55)/t35-,39-,43-/m0/s1. The zero-order valence-electron chi connectivity index (χ0n) is 32.1. The van der Waals surface area contributed by atoms with Crippen LogP contribution in [0.2, 0.25) is 0 Å². The van der Waals surface area contributed by atoms with Crippen molar-refractivity contribution >= 4 is 29.1 Å². The average molecular weight is 776 g/mol. The van der Waals surface area contributed by atoms with E-state index in [2.05, 4.69) is 46.3 Å². The molecule has 3 fully saturated rings. The first-order valence-corrected chi connectivity index (χ1v) is 20.1. The Labute approximate surface area is 331 Å². The molecule has 0 aliphatic carbocycles. The molecule has 10 nitrogen and oxygen atoms in total. The molecular weight excluding hydrogens is 729 g/mol. The van der Waals surface area contributed by atoms with E-state index in [1.807, 2.05) is 23.1 Å². The van der Waals surface area contributed by atoms with Gasteiger partial charge in [-0.25, -0.2) is 8.78 Å². The number of piperazine rings is 1. The predicted molar refractivity (Wildman–Crippen MR) is 212 cm³/mol. The Balaban J connectivity index is 0.808. The molecular formula is C45H47F2N5O5. The zero-order valence-corrected chi connectivity index (χ0v) is 32.1. The number of anilines is 2. The highest BCUT2D eigenvalue weighted by atomic mass is 19.1. The Bertz CT molecular complexity index is 2230. The van der Waals surface area contributed by atoms with Gasteiger partial charge in [-0.2, -0.15) is 0 Å². The van der Waals surface area contributed by atoms with Crippen LogP contribution >= 0.6 is 0 Å². The van der Waals surface area contributed by atoms with Crippen LogP contribution in [0.15, 0.2) is 72.8 Å². The zero-order chi connectivity index (χ0) is 39.4. The number of aromatic hydroxyl groups is 1. The second-order valence-corrected chi connectivity index (χ2v) is 16.3. The number of benzene rings is 4. The normalized spacial score (nSPS) is 23.0. The smallest absolute Gasteiger partial charge is 0.255 e. The fraction of sp³-hybridized carbons (Fsp3) is 0.400. The van der Waals surface area contributed by atoms with E-state index in [1.165, 1.54) is 11.0 Å². The van der Waals surface area contributed by atoms with Gasteiger partial charge in [-0.1, -0.05) is 42.0 Å². The van der Waals surface area contributed by atoms with Crippen LogP contribution in [0.3, 0.4) is 0 Å². The maximum absolute atomic E-state index is 16.1. The van der Waals surface area contributed by atoms with Crippen molar-refractivity contribution in [2.24, 2.45) is 5.92 Å². The van der Waals surface area contributed by atoms with E-state index in [1.54, 1.807) is 24.3 Å². The number of rotatable bonds is 7. The van der Waals surface area contributed by atoms with E-state index < -0.39 is 17.8 Å². The monoisotopic (exact) mass is 775 g/mol. The van der Waals surface area contributed by atoms with Crippen molar-refractivity contribution in [2.75, 3.05) is 62.2 Å². The van der Waals surface area contributed by atoms with E-state index in [0.29, 0.717) is 48.3 Å². The number of nitrogens with one attached hydrogen (secondary N) is 1. The van der Waals surface area contributed by atoms with Crippen molar-refractivity contribution in [2.45, 2.75) is 57.0 Å². The maximum Gasteiger partial charge on any atom is 0.255 e. The van der Waals surface area contributed by atoms with Crippen LogP contribution < -0.4 is 19.9 Å². The summed E-state index contributed by atoms with van der Waals surface area (Å²) in [7, 11) is 0. The molecule has 4 aromatic carbocycles. The molecule has 57 heavy (non-hydrogen) atoms. The third kappa shape index (κ3) is 7.20. The predicted octanol–water partition coefficient (Wildman–Crippen LogP) is 6.09.